The maximum atomic E-state index is 13.1. The van der Waals surface area contributed by atoms with E-state index in [-0.39, 0.29) is 37.2 Å². The molecule has 1 aliphatic heterocycles. The van der Waals surface area contributed by atoms with E-state index in [1.54, 1.807) is 12.1 Å². The van der Waals surface area contributed by atoms with Gasteiger partial charge in [0.2, 0.25) is 11.8 Å². The van der Waals surface area contributed by atoms with E-state index >= 15 is 0 Å². The van der Waals surface area contributed by atoms with Gasteiger partial charge in [-0.25, -0.2) is 0 Å². The second-order valence-corrected chi connectivity index (χ2v) is 10.4. The number of amides is 2. The lowest BCUT2D eigenvalue weighted by atomic mass is 9.68. The number of aromatic hydroxyl groups is 1. The minimum absolute atomic E-state index is 0.173. The second-order valence-electron chi connectivity index (χ2n) is 9.48. The summed E-state index contributed by atoms with van der Waals surface area (Å²) in [5.74, 6) is -2.37. The molecule has 2 aliphatic rings. The number of rotatable bonds is 11. The fraction of sp³-hybridized carbons (Fsp3) is 0.556. The minimum atomic E-state index is -0.963. The number of phenols is 1. The van der Waals surface area contributed by atoms with Crippen LogP contribution in [0.4, 0.5) is 0 Å². The van der Waals surface area contributed by atoms with Crippen molar-refractivity contribution in [2.45, 2.75) is 58.5 Å². The summed E-state index contributed by atoms with van der Waals surface area (Å²) in [5, 5.41) is 41.8. The number of allylic oxidation sites excluding steroid dienone is 1. The second kappa shape index (κ2) is 12.3. The van der Waals surface area contributed by atoms with Crippen molar-refractivity contribution in [1.29, 1.82) is 0 Å². The third-order valence-electron chi connectivity index (χ3n) is 7.13. The smallest absolute Gasteiger partial charge is 0.233 e. The Morgan fingerprint density at radius 2 is 1.91 bits per heavy atom. The van der Waals surface area contributed by atoms with Gasteiger partial charge in [-0.05, 0) is 61.4 Å². The highest BCUT2D eigenvalue weighted by molar-refractivity contribution is 9.10. The van der Waals surface area contributed by atoms with Crippen LogP contribution in [0.3, 0.4) is 0 Å². The average molecular weight is 550 g/mol. The van der Waals surface area contributed by atoms with Gasteiger partial charge in [0.05, 0.1) is 31.2 Å². The normalized spacial score (nSPS) is 23.8. The molecule has 0 saturated carbocycles. The largest absolute Gasteiger partial charge is 0.507 e. The van der Waals surface area contributed by atoms with Crippen LogP contribution in [0.1, 0.15) is 57.9 Å². The number of imide groups is 1. The standard InChI is InChI=1S/C27H36BrNO6/c1-3-5-16(11-17-12-19(28)7-9-22(17)32)6-8-23(33)24-18(14-30)13-20-25(21(24)15-31)27(35)29(10-4-2)26(20)34/h7,9,11-12,20-21,23,25,30-33H,3-6,8,10,13-15H2,1-2H3/b16-11+/t20-,21+,23-,25-/m1/s1. The molecule has 4 N–H and O–H groups in total. The van der Waals surface area contributed by atoms with Crippen LogP contribution in [0, 0.1) is 17.8 Å². The number of halogens is 1. The predicted molar refractivity (Wildman–Crippen MR) is 137 cm³/mol. The van der Waals surface area contributed by atoms with Gasteiger partial charge in [-0.3, -0.25) is 14.5 Å². The Kier molecular flexibility index (Phi) is 9.69. The highest BCUT2D eigenvalue weighted by atomic mass is 79.9. The topological polar surface area (TPSA) is 118 Å². The summed E-state index contributed by atoms with van der Waals surface area (Å²) in [6.45, 7) is 3.59. The van der Waals surface area contributed by atoms with Crippen molar-refractivity contribution in [3.63, 3.8) is 0 Å². The molecule has 8 heteroatoms. The van der Waals surface area contributed by atoms with Gasteiger partial charge in [0.25, 0.3) is 0 Å². The van der Waals surface area contributed by atoms with Gasteiger partial charge in [0, 0.05) is 22.5 Å². The maximum Gasteiger partial charge on any atom is 0.233 e. The highest BCUT2D eigenvalue weighted by Gasteiger charge is 2.54. The zero-order chi connectivity index (χ0) is 25.7. The summed E-state index contributed by atoms with van der Waals surface area (Å²) in [4.78, 5) is 27.2. The van der Waals surface area contributed by atoms with Crippen molar-refractivity contribution in [3.05, 3.63) is 45.0 Å². The molecule has 7 nitrogen and oxygen atoms in total. The molecule has 1 heterocycles. The molecule has 35 heavy (non-hydrogen) atoms. The molecule has 3 rings (SSSR count). The van der Waals surface area contributed by atoms with Crippen molar-refractivity contribution in [2.75, 3.05) is 19.8 Å². The zero-order valence-corrected chi connectivity index (χ0v) is 22.0. The Balaban J connectivity index is 1.85. The molecule has 0 aromatic heterocycles. The van der Waals surface area contributed by atoms with Crippen molar-refractivity contribution in [2.24, 2.45) is 17.8 Å². The first kappa shape index (κ1) is 27.6. The van der Waals surface area contributed by atoms with Crippen LogP contribution in [0.15, 0.2) is 39.4 Å². The number of benzene rings is 1. The van der Waals surface area contributed by atoms with E-state index in [1.807, 2.05) is 19.1 Å². The van der Waals surface area contributed by atoms with Crippen molar-refractivity contribution in [3.8, 4) is 5.75 Å². The highest BCUT2D eigenvalue weighted by Crippen LogP contribution is 2.46. The molecular weight excluding hydrogens is 514 g/mol. The first-order valence-electron chi connectivity index (χ1n) is 12.4. The fourth-order valence-electron chi connectivity index (χ4n) is 5.54. The molecule has 0 unspecified atom stereocenters. The summed E-state index contributed by atoms with van der Waals surface area (Å²) < 4.78 is 0.852. The van der Waals surface area contributed by atoms with Crippen LogP contribution < -0.4 is 0 Å². The molecule has 1 aromatic carbocycles. The van der Waals surface area contributed by atoms with Crippen molar-refractivity contribution >= 4 is 33.8 Å². The third kappa shape index (κ3) is 5.88. The van der Waals surface area contributed by atoms with E-state index in [2.05, 4.69) is 22.9 Å². The molecule has 192 valence electrons. The molecule has 0 radical (unpaired) electrons. The van der Waals surface area contributed by atoms with Crippen molar-refractivity contribution < 1.29 is 30.0 Å². The summed E-state index contributed by atoms with van der Waals surface area (Å²) >= 11 is 3.43. The number of carbonyl (C=O) groups excluding carboxylic acids is 2. The zero-order valence-electron chi connectivity index (χ0n) is 20.4. The van der Waals surface area contributed by atoms with Gasteiger partial charge in [0.1, 0.15) is 5.75 Å². The first-order chi connectivity index (χ1) is 16.8. The molecular formula is C27H36BrNO6. The fourth-order valence-corrected chi connectivity index (χ4v) is 5.92. The molecule has 0 spiro atoms. The number of carbonyl (C=O) groups is 2. The lowest BCUT2D eigenvalue weighted by Crippen LogP contribution is -2.39. The van der Waals surface area contributed by atoms with E-state index in [0.717, 1.165) is 22.9 Å². The molecule has 0 bridgehead atoms. The summed E-state index contributed by atoms with van der Waals surface area (Å²) in [6, 6.07) is 5.22. The Hall–Kier alpha value is -2.00. The van der Waals surface area contributed by atoms with E-state index in [0.29, 0.717) is 42.5 Å². The SMILES string of the molecule is CCC/C(=C\c1cc(Br)ccc1O)CC[C@@H](O)C1=C(CO)C[C@H]2C(=O)N(CCC)C(=O)[C@H]2[C@H]1CO. The Bertz CT molecular complexity index is 1000. The number of aliphatic hydroxyl groups is 3. The lowest BCUT2D eigenvalue weighted by molar-refractivity contribution is -0.140. The Morgan fingerprint density at radius 3 is 2.54 bits per heavy atom. The number of nitrogens with zero attached hydrogens (tertiary/aromatic N) is 1. The number of fused-ring (bicyclic) bond motifs is 1. The number of hydrogen-bond donors (Lipinski definition) is 4. The monoisotopic (exact) mass is 549 g/mol. The molecule has 2 amide bonds. The first-order valence-corrected chi connectivity index (χ1v) is 13.2. The van der Waals surface area contributed by atoms with Crippen LogP contribution >= 0.6 is 15.9 Å². The Labute approximate surface area is 215 Å². The van der Waals surface area contributed by atoms with Crippen LogP contribution in [0.2, 0.25) is 0 Å². The summed E-state index contributed by atoms with van der Waals surface area (Å²) in [7, 11) is 0. The minimum Gasteiger partial charge on any atom is -0.507 e. The van der Waals surface area contributed by atoms with Gasteiger partial charge in [-0.15, -0.1) is 0 Å². The van der Waals surface area contributed by atoms with E-state index < -0.39 is 23.9 Å². The van der Waals surface area contributed by atoms with Gasteiger partial charge >= 0.3 is 0 Å². The molecule has 1 fully saturated rings. The molecule has 1 aromatic rings. The van der Waals surface area contributed by atoms with Crippen LogP contribution in [0.5, 0.6) is 5.75 Å². The molecule has 4 atom stereocenters. The van der Waals surface area contributed by atoms with Gasteiger partial charge < -0.3 is 20.4 Å². The summed E-state index contributed by atoms with van der Waals surface area (Å²) in [5.41, 5.74) is 2.79. The van der Waals surface area contributed by atoms with Gasteiger partial charge in [-0.2, -0.15) is 0 Å². The van der Waals surface area contributed by atoms with E-state index in [1.165, 1.54) is 4.90 Å². The molecule has 1 saturated heterocycles. The third-order valence-corrected chi connectivity index (χ3v) is 7.62. The van der Waals surface area contributed by atoms with Gasteiger partial charge in [0.15, 0.2) is 0 Å². The van der Waals surface area contributed by atoms with Crippen LogP contribution in [0.25, 0.3) is 6.08 Å². The van der Waals surface area contributed by atoms with Gasteiger partial charge in [-0.1, -0.05) is 47.8 Å². The van der Waals surface area contributed by atoms with E-state index in [4.69, 9.17) is 0 Å². The van der Waals surface area contributed by atoms with E-state index in [9.17, 15) is 30.0 Å². The predicted octanol–water partition coefficient (Wildman–Crippen LogP) is 3.79. The van der Waals surface area contributed by atoms with Crippen LogP contribution in [-0.4, -0.2) is 63.0 Å². The number of phenolic OH excluding ortho intramolecular Hbond substituents is 1. The number of likely N-dealkylation sites (tertiary alicyclic amines) is 1. The number of hydrogen-bond acceptors (Lipinski definition) is 6. The number of aliphatic hydroxyl groups excluding tert-OH is 3. The maximum absolute atomic E-state index is 13.1. The van der Waals surface area contributed by atoms with Crippen molar-refractivity contribution in [1.82, 2.24) is 4.90 Å². The Morgan fingerprint density at radius 1 is 1.17 bits per heavy atom. The molecule has 1 aliphatic carbocycles. The van der Waals surface area contributed by atoms with Crippen LogP contribution in [-0.2, 0) is 9.59 Å². The quantitative estimate of drug-likeness (QED) is 0.246. The average Bonchev–Trinajstić information content (AvgIpc) is 3.08. The summed E-state index contributed by atoms with van der Waals surface area (Å²) in [6.07, 6.45) is 4.41. The lowest BCUT2D eigenvalue weighted by Gasteiger charge is -2.36.